The first-order chi connectivity index (χ1) is 12.3. The number of hydrogen-bond donors (Lipinski definition) is 0. The van der Waals surface area contributed by atoms with Gasteiger partial charge in [0.2, 0.25) is 0 Å². The van der Waals surface area contributed by atoms with Crippen LogP contribution in [0, 0.1) is 13.8 Å². The fourth-order valence-corrected chi connectivity index (χ4v) is 4.04. The lowest BCUT2D eigenvalue weighted by atomic mass is 10.1. The van der Waals surface area contributed by atoms with E-state index < -0.39 is 22.5 Å². The van der Waals surface area contributed by atoms with E-state index in [0.717, 1.165) is 15.4 Å². The normalized spacial score (nSPS) is 11.1. The van der Waals surface area contributed by atoms with Crippen molar-refractivity contribution in [3.63, 3.8) is 0 Å². The number of carbonyl (C=O) groups is 1. The average Bonchev–Trinajstić information content (AvgIpc) is 2.60. The minimum atomic E-state index is -3.95. The summed E-state index contributed by atoms with van der Waals surface area (Å²) in [5, 5.41) is 0. The molecular weight excluding hydrogens is 354 g/mol. The number of carbonyl (C=O) groups excluding carboxylic acids is 1. The molecule has 0 aliphatic rings. The molecule has 0 bridgehead atoms. The van der Waals surface area contributed by atoms with Gasteiger partial charge in [-0.2, -0.15) is 0 Å². The zero-order chi connectivity index (χ0) is 19.3. The predicted molar refractivity (Wildman–Crippen MR) is 100 cm³/mol. The fourth-order valence-electron chi connectivity index (χ4n) is 2.57. The molecule has 0 heterocycles. The van der Waals surface area contributed by atoms with Gasteiger partial charge in [0.05, 0.1) is 24.3 Å². The van der Waals surface area contributed by atoms with Crippen molar-refractivity contribution in [2.45, 2.75) is 25.7 Å². The van der Waals surface area contributed by atoms with Gasteiger partial charge in [-0.05, 0) is 56.7 Å². The maximum absolute atomic E-state index is 13.2. The molecule has 2 rings (SSSR count). The van der Waals surface area contributed by atoms with Crippen LogP contribution in [0.4, 0.5) is 5.69 Å². The molecule has 7 heteroatoms. The summed E-state index contributed by atoms with van der Waals surface area (Å²) in [5.74, 6) is -0.0584. The monoisotopic (exact) mass is 377 g/mol. The molecule has 2 aromatic rings. The summed E-state index contributed by atoms with van der Waals surface area (Å²) < 4.78 is 37.4. The van der Waals surface area contributed by atoms with E-state index in [-0.39, 0.29) is 4.90 Å². The molecule has 0 spiro atoms. The number of methoxy groups -OCH3 is 1. The van der Waals surface area contributed by atoms with Crippen molar-refractivity contribution in [3.8, 4) is 5.75 Å². The van der Waals surface area contributed by atoms with Gasteiger partial charge in [-0.1, -0.05) is 17.7 Å². The smallest absolute Gasteiger partial charge is 0.326 e. The van der Waals surface area contributed by atoms with Crippen molar-refractivity contribution in [3.05, 3.63) is 53.6 Å². The molecule has 0 aromatic heterocycles. The second-order valence-electron chi connectivity index (χ2n) is 5.78. The average molecular weight is 377 g/mol. The zero-order valence-corrected chi connectivity index (χ0v) is 16.2. The number of rotatable bonds is 7. The Hall–Kier alpha value is -2.54. The number of nitrogens with zero attached hydrogens (tertiary/aromatic N) is 1. The summed E-state index contributed by atoms with van der Waals surface area (Å²) in [6.07, 6.45) is 0. The molecule has 26 heavy (non-hydrogen) atoms. The highest BCUT2D eigenvalue weighted by molar-refractivity contribution is 7.92. The van der Waals surface area contributed by atoms with Gasteiger partial charge in [-0.3, -0.25) is 9.10 Å². The maximum Gasteiger partial charge on any atom is 0.326 e. The van der Waals surface area contributed by atoms with Crippen molar-refractivity contribution in [2.75, 3.05) is 24.6 Å². The van der Waals surface area contributed by atoms with E-state index in [2.05, 4.69) is 4.74 Å². The van der Waals surface area contributed by atoms with Crippen molar-refractivity contribution in [2.24, 2.45) is 0 Å². The molecule has 0 aliphatic carbocycles. The molecule has 0 unspecified atom stereocenters. The molecule has 140 valence electrons. The van der Waals surface area contributed by atoms with Crippen LogP contribution in [0.1, 0.15) is 18.1 Å². The van der Waals surface area contributed by atoms with Crippen LogP contribution in [-0.4, -0.2) is 34.6 Å². The van der Waals surface area contributed by atoms with Gasteiger partial charge >= 0.3 is 5.97 Å². The van der Waals surface area contributed by atoms with Crippen molar-refractivity contribution in [1.82, 2.24) is 0 Å². The first-order valence-electron chi connectivity index (χ1n) is 8.19. The lowest BCUT2D eigenvalue weighted by Crippen LogP contribution is -2.36. The number of ether oxygens (including phenoxy) is 2. The third-order valence-electron chi connectivity index (χ3n) is 3.84. The number of esters is 1. The van der Waals surface area contributed by atoms with E-state index >= 15 is 0 Å². The Kier molecular flexibility index (Phi) is 6.26. The summed E-state index contributed by atoms with van der Waals surface area (Å²) in [7, 11) is -2.72. The van der Waals surface area contributed by atoms with Gasteiger partial charge < -0.3 is 9.47 Å². The molecule has 0 saturated heterocycles. The number of benzene rings is 2. The number of aryl methyl sites for hydroxylation is 2. The van der Waals surface area contributed by atoms with Crippen molar-refractivity contribution < 1.29 is 22.7 Å². The fraction of sp³-hybridized carbons (Fsp3) is 0.316. The minimum absolute atomic E-state index is 0.0739. The molecule has 0 radical (unpaired) electrons. The van der Waals surface area contributed by atoms with Gasteiger partial charge in [0.1, 0.15) is 12.3 Å². The lowest BCUT2D eigenvalue weighted by Gasteiger charge is -2.25. The quantitative estimate of drug-likeness (QED) is 0.694. The number of sulfonamides is 1. The molecule has 0 amide bonds. The Bertz CT molecular complexity index is 875. The van der Waals surface area contributed by atoms with E-state index in [4.69, 9.17) is 4.74 Å². The SMILES string of the molecule is CCOc1ccc(S(=O)(=O)N(CC(=O)OC)c2ccc(C)cc2C)cc1. The molecule has 0 fully saturated rings. The highest BCUT2D eigenvalue weighted by Gasteiger charge is 2.28. The summed E-state index contributed by atoms with van der Waals surface area (Å²) in [6, 6.07) is 11.5. The Morgan fingerprint density at radius 1 is 1.08 bits per heavy atom. The van der Waals surface area contributed by atoms with Crippen LogP contribution in [0.15, 0.2) is 47.4 Å². The molecule has 0 atom stereocenters. The van der Waals surface area contributed by atoms with Gasteiger partial charge in [0.15, 0.2) is 0 Å². The second-order valence-corrected chi connectivity index (χ2v) is 7.64. The number of anilines is 1. The molecule has 2 aromatic carbocycles. The molecule has 6 nitrogen and oxygen atoms in total. The summed E-state index contributed by atoms with van der Waals surface area (Å²) in [5.41, 5.74) is 2.20. The van der Waals surface area contributed by atoms with Gasteiger partial charge in [0, 0.05) is 0 Å². The Morgan fingerprint density at radius 2 is 1.73 bits per heavy atom. The highest BCUT2D eigenvalue weighted by atomic mass is 32.2. The molecule has 0 saturated carbocycles. The van der Waals surface area contributed by atoms with Crippen LogP contribution in [0.25, 0.3) is 0 Å². The van der Waals surface area contributed by atoms with Crippen LogP contribution in [-0.2, 0) is 19.6 Å². The summed E-state index contributed by atoms with van der Waals surface area (Å²) >= 11 is 0. The lowest BCUT2D eigenvalue weighted by molar-refractivity contribution is -0.138. The Balaban J connectivity index is 2.50. The molecule has 0 N–H and O–H groups in total. The molecule has 0 aliphatic heterocycles. The predicted octanol–water partition coefficient (Wildman–Crippen LogP) is 3.07. The van der Waals surface area contributed by atoms with Crippen LogP contribution >= 0.6 is 0 Å². The Morgan fingerprint density at radius 3 is 2.27 bits per heavy atom. The van der Waals surface area contributed by atoms with Crippen LogP contribution in [0.5, 0.6) is 5.75 Å². The standard InChI is InChI=1S/C19H23NO5S/c1-5-25-16-7-9-17(10-8-16)26(22,23)20(13-19(21)24-4)18-11-6-14(2)12-15(18)3/h6-12H,5,13H2,1-4H3. The maximum atomic E-state index is 13.2. The van der Waals surface area contributed by atoms with Crippen LogP contribution < -0.4 is 9.04 Å². The first-order valence-corrected chi connectivity index (χ1v) is 9.63. The van der Waals surface area contributed by atoms with E-state index in [9.17, 15) is 13.2 Å². The van der Waals surface area contributed by atoms with Crippen LogP contribution in [0.2, 0.25) is 0 Å². The highest BCUT2D eigenvalue weighted by Crippen LogP contribution is 2.28. The van der Waals surface area contributed by atoms with E-state index in [1.807, 2.05) is 19.9 Å². The minimum Gasteiger partial charge on any atom is -0.494 e. The molecular formula is C19H23NO5S. The number of hydrogen-bond acceptors (Lipinski definition) is 5. The van der Waals surface area contributed by atoms with Gasteiger partial charge in [-0.25, -0.2) is 8.42 Å². The largest absolute Gasteiger partial charge is 0.494 e. The second kappa shape index (κ2) is 8.23. The summed E-state index contributed by atoms with van der Waals surface area (Å²) in [4.78, 5) is 11.9. The van der Waals surface area contributed by atoms with E-state index in [1.165, 1.54) is 19.2 Å². The van der Waals surface area contributed by atoms with Crippen molar-refractivity contribution >= 4 is 21.7 Å². The Labute approximate surface area is 154 Å². The first kappa shape index (κ1) is 19.8. The van der Waals surface area contributed by atoms with Gasteiger partial charge in [0.25, 0.3) is 10.0 Å². The topological polar surface area (TPSA) is 72.9 Å². The van der Waals surface area contributed by atoms with Gasteiger partial charge in [-0.15, -0.1) is 0 Å². The third-order valence-corrected chi connectivity index (χ3v) is 5.62. The van der Waals surface area contributed by atoms with E-state index in [0.29, 0.717) is 18.0 Å². The van der Waals surface area contributed by atoms with Crippen LogP contribution in [0.3, 0.4) is 0 Å². The third kappa shape index (κ3) is 4.35. The summed E-state index contributed by atoms with van der Waals surface area (Å²) in [6.45, 7) is 5.66. The van der Waals surface area contributed by atoms with E-state index in [1.54, 1.807) is 31.2 Å². The zero-order valence-electron chi connectivity index (χ0n) is 15.4. The van der Waals surface area contributed by atoms with Crippen molar-refractivity contribution in [1.29, 1.82) is 0 Å².